The molecule has 2 heterocycles. The van der Waals surface area contributed by atoms with Crippen LogP contribution in [0, 0.1) is 11.3 Å². The molecule has 3 rings (SSSR count). The van der Waals surface area contributed by atoms with Crippen molar-refractivity contribution in [3.8, 4) is 6.07 Å². The number of benzene rings is 1. The number of nitrogens with one attached hydrogen (secondary N) is 1. The van der Waals surface area contributed by atoms with Gasteiger partial charge in [0.15, 0.2) is 0 Å². The summed E-state index contributed by atoms with van der Waals surface area (Å²) >= 11 is 0. The van der Waals surface area contributed by atoms with E-state index < -0.39 is 0 Å². The molecule has 0 aliphatic carbocycles. The Morgan fingerprint density at radius 2 is 1.88 bits per heavy atom. The number of nitrogens with zero attached hydrogens (tertiary/aromatic N) is 3. The molecule has 1 N–H and O–H groups in total. The molecule has 1 aliphatic heterocycles. The van der Waals surface area contributed by atoms with Gasteiger partial charge in [0.05, 0.1) is 17.3 Å². The van der Waals surface area contributed by atoms with Crippen molar-refractivity contribution >= 4 is 12.4 Å². The number of rotatable bonds is 5. The summed E-state index contributed by atoms with van der Waals surface area (Å²) in [5.74, 6) is 0. The van der Waals surface area contributed by atoms with Crippen molar-refractivity contribution in [1.82, 2.24) is 15.2 Å². The molecule has 1 aromatic heterocycles. The SMILES string of the molecule is Cl.N#Cc1ccc(CNC2CCN(Cc3ccccn3)CC2)cc1. The summed E-state index contributed by atoms with van der Waals surface area (Å²) in [4.78, 5) is 6.88. The summed E-state index contributed by atoms with van der Waals surface area (Å²) in [6, 6.07) is 16.7. The molecule has 126 valence electrons. The van der Waals surface area contributed by atoms with Crippen LogP contribution in [0.3, 0.4) is 0 Å². The average Bonchev–Trinajstić information content (AvgIpc) is 2.62. The highest BCUT2D eigenvalue weighted by molar-refractivity contribution is 5.85. The van der Waals surface area contributed by atoms with Gasteiger partial charge in [-0.05, 0) is 42.7 Å². The Hall–Kier alpha value is -1.93. The fourth-order valence-corrected chi connectivity index (χ4v) is 2.98. The Morgan fingerprint density at radius 3 is 2.50 bits per heavy atom. The molecule has 2 aromatic rings. The molecular weight excluding hydrogens is 320 g/mol. The number of piperidine rings is 1. The minimum Gasteiger partial charge on any atom is -0.310 e. The van der Waals surface area contributed by atoms with Gasteiger partial charge < -0.3 is 5.32 Å². The van der Waals surface area contributed by atoms with E-state index >= 15 is 0 Å². The molecule has 0 spiro atoms. The van der Waals surface area contributed by atoms with E-state index in [9.17, 15) is 0 Å². The molecule has 5 heteroatoms. The first kappa shape index (κ1) is 18.4. The predicted molar refractivity (Wildman–Crippen MR) is 97.8 cm³/mol. The molecule has 0 bridgehead atoms. The Balaban J connectivity index is 0.00000208. The summed E-state index contributed by atoms with van der Waals surface area (Å²) in [7, 11) is 0. The molecule has 0 saturated carbocycles. The molecule has 1 fully saturated rings. The van der Waals surface area contributed by atoms with E-state index in [0.29, 0.717) is 6.04 Å². The maximum atomic E-state index is 8.82. The van der Waals surface area contributed by atoms with Crippen LogP contribution in [-0.2, 0) is 13.1 Å². The topological polar surface area (TPSA) is 52.0 Å². The summed E-state index contributed by atoms with van der Waals surface area (Å²) in [6.07, 6.45) is 4.20. The van der Waals surface area contributed by atoms with E-state index in [-0.39, 0.29) is 12.4 Å². The van der Waals surface area contributed by atoms with Crippen molar-refractivity contribution in [2.45, 2.75) is 32.0 Å². The molecule has 4 nitrogen and oxygen atoms in total. The molecule has 0 radical (unpaired) electrons. The zero-order chi connectivity index (χ0) is 15.9. The Kier molecular flexibility index (Phi) is 7.20. The number of pyridine rings is 1. The van der Waals surface area contributed by atoms with Crippen molar-refractivity contribution < 1.29 is 0 Å². The minimum atomic E-state index is 0. The lowest BCUT2D eigenvalue weighted by Gasteiger charge is -2.32. The smallest absolute Gasteiger partial charge is 0.0991 e. The van der Waals surface area contributed by atoms with Crippen LogP contribution in [0.15, 0.2) is 48.7 Å². The maximum absolute atomic E-state index is 8.82. The number of nitriles is 1. The van der Waals surface area contributed by atoms with Crippen LogP contribution in [0.2, 0.25) is 0 Å². The standard InChI is InChI=1S/C19H22N4.ClH/c20-13-16-4-6-17(7-5-16)14-22-18-8-11-23(12-9-18)15-19-3-1-2-10-21-19;/h1-7,10,18,22H,8-9,11-12,14-15H2;1H. The molecular formula is C19H23ClN4. The van der Waals surface area contributed by atoms with Crippen LogP contribution in [0.5, 0.6) is 0 Å². The zero-order valence-corrected chi connectivity index (χ0v) is 14.5. The van der Waals surface area contributed by atoms with Crippen LogP contribution in [0.1, 0.15) is 29.7 Å². The lowest BCUT2D eigenvalue weighted by molar-refractivity contribution is 0.188. The Labute approximate surface area is 149 Å². The van der Waals surface area contributed by atoms with E-state index in [2.05, 4.69) is 27.3 Å². The third kappa shape index (κ3) is 5.31. The molecule has 0 amide bonds. The van der Waals surface area contributed by atoms with Crippen LogP contribution < -0.4 is 5.32 Å². The molecule has 0 atom stereocenters. The van der Waals surface area contributed by atoms with Crippen molar-refractivity contribution in [2.75, 3.05) is 13.1 Å². The van der Waals surface area contributed by atoms with Gasteiger partial charge in [0, 0.05) is 38.4 Å². The van der Waals surface area contributed by atoms with Crippen LogP contribution in [0.25, 0.3) is 0 Å². The average molecular weight is 343 g/mol. The van der Waals surface area contributed by atoms with Crippen LogP contribution in [-0.4, -0.2) is 29.0 Å². The van der Waals surface area contributed by atoms with Crippen molar-refractivity contribution in [3.63, 3.8) is 0 Å². The highest BCUT2D eigenvalue weighted by atomic mass is 35.5. The first-order chi connectivity index (χ1) is 11.3. The quantitative estimate of drug-likeness (QED) is 0.907. The molecule has 1 aliphatic rings. The van der Waals surface area contributed by atoms with Gasteiger partial charge in [0.2, 0.25) is 0 Å². The summed E-state index contributed by atoms with van der Waals surface area (Å²) in [5.41, 5.74) is 3.10. The normalized spacial score (nSPS) is 15.5. The van der Waals surface area contributed by atoms with E-state index in [1.165, 1.54) is 18.4 Å². The van der Waals surface area contributed by atoms with Gasteiger partial charge in [0.25, 0.3) is 0 Å². The van der Waals surface area contributed by atoms with Crippen molar-refractivity contribution in [2.24, 2.45) is 0 Å². The summed E-state index contributed by atoms with van der Waals surface area (Å²) in [5, 5.41) is 12.5. The first-order valence-corrected chi connectivity index (χ1v) is 8.18. The minimum absolute atomic E-state index is 0. The second-order valence-corrected chi connectivity index (χ2v) is 6.06. The first-order valence-electron chi connectivity index (χ1n) is 8.18. The number of hydrogen-bond donors (Lipinski definition) is 1. The van der Waals surface area contributed by atoms with Crippen LogP contribution in [0.4, 0.5) is 0 Å². The van der Waals surface area contributed by atoms with Gasteiger partial charge in [-0.15, -0.1) is 12.4 Å². The summed E-state index contributed by atoms with van der Waals surface area (Å²) in [6.45, 7) is 4.04. The van der Waals surface area contributed by atoms with Gasteiger partial charge in [-0.3, -0.25) is 9.88 Å². The number of aromatic nitrogens is 1. The zero-order valence-electron chi connectivity index (χ0n) is 13.7. The van der Waals surface area contributed by atoms with Crippen LogP contribution >= 0.6 is 12.4 Å². The van der Waals surface area contributed by atoms with Crippen molar-refractivity contribution in [1.29, 1.82) is 5.26 Å². The highest BCUT2D eigenvalue weighted by Crippen LogP contribution is 2.13. The Bertz CT molecular complexity index is 643. The Morgan fingerprint density at radius 1 is 1.12 bits per heavy atom. The van der Waals surface area contributed by atoms with Gasteiger partial charge in [-0.25, -0.2) is 0 Å². The second-order valence-electron chi connectivity index (χ2n) is 6.06. The van der Waals surface area contributed by atoms with Gasteiger partial charge >= 0.3 is 0 Å². The number of halogens is 1. The fraction of sp³-hybridized carbons (Fsp3) is 0.368. The van der Waals surface area contributed by atoms with Crippen molar-refractivity contribution in [3.05, 3.63) is 65.5 Å². The molecule has 1 saturated heterocycles. The molecule has 0 unspecified atom stereocenters. The lowest BCUT2D eigenvalue weighted by Crippen LogP contribution is -2.41. The van der Waals surface area contributed by atoms with Gasteiger partial charge in [-0.2, -0.15) is 5.26 Å². The maximum Gasteiger partial charge on any atom is 0.0991 e. The third-order valence-corrected chi connectivity index (χ3v) is 4.38. The lowest BCUT2D eigenvalue weighted by atomic mass is 10.0. The van der Waals surface area contributed by atoms with E-state index in [0.717, 1.165) is 37.4 Å². The molecule has 24 heavy (non-hydrogen) atoms. The monoisotopic (exact) mass is 342 g/mol. The fourth-order valence-electron chi connectivity index (χ4n) is 2.98. The molecule has 1 aromatic carbocycles. The highest BCUT2D eigenvalue weighted by Gasteiger charge is 2.18. The number of likely N-dealkylation sites (tertiary alicyclic amines) is 1. The van der Waals surface area contributed by atoms with E-state index in [1.807, 2.05) is 42.6 Å². The third-order valence-electron chi connectivity index (χ3n) is 4.38. The van der Waals surface area contributed by atoms with E-state index in [1.54, 1.807) is 0 Å². The second kappa shape index (κ2) is 9.39. The number of hydrogen-bond acceptors (Lipinski definition) is 4. The van der Waals surface area contributed by atoms with Gasteiger partial charge in [-0.1, -0.05) is 18.2 Å². The van der Waals surface area contributed by atoms with Gasteiger partial charge in [0.1, 0.15) is 0 Å². The summed E-state index contributed by atoms with van der Waals surface area (Å²) < 4.78 is 0. The largest absolute Gasteiger partial charge is 0.310 e. The predicted octanol–water partition coefficient (Wildman–Crippen LogP) is 3.13. The van der Waals surface area contributed by atoms with E-state index in [4.69, 9.17) is 5.26 Å².